The molecule has 0 aromatic rings. The van der Waals surface area contributed by atoms with E-state index in [9.17, 15) is 14.7 Å². The number of carboxylic acid groups (broad SMARTS) is 1. The summed E-state index contributed by atoms with van der Waals surface area (Å²) in [4.78, 5) is 25.0. The summed E-state index contributed by atoms with van der Waals surface area (Å²) in [7, 11) is 0. The zero-order chi connectivity index (χ0) is 14.7. The van der Waals surface area contributed by atoms with Crippen molar-refractivity contribution in [3.05, 3.63) is 0 Å². The van der Waals surface area contributed by atoms with Gasteiger partial charge in [0.15, 0.2) is 0 Å². The molecule has 1 unspecified atom stereocenters. The SMILES string of the molecule is CCCCC1(C(=O)O)CCN(C(=O)OC(C)(C)C)C1. The summed E-state index contributed by atoms with van der Waals surface area (Å²) in [5, 5.41) is 9.44. The van der Waals surface area contributed by atoms with Crippen LogP contribution < -0.4 is 0 Å². The number of hydrogen-bond acceptors (Lipinski definition) is 3. The Hall–Kier alpha value is -1.26. The van der Waals surface area contributed by atoms with Crippen LogP contribution in [0.5, 0.6) is 0 Å². The average Bonchev–Trinajstić information content (AvgIpc) is 2.69. The third-order valence-electron chi connectivity index (χ3n) is 3.47. The molecule has 1 atom stereocenters. The minimum atomic E-state index is -0.799. The van der Waals surface area contributed by atoms with Crippen molar-refractivity contribution in [2.45, 2.75) is 59.0 Å². The van der Waals surface area contributed by atoms with Gasteiger partial charge in [0.1, 0.15) is 5.60 Å². The zero-order valence-corrected chi connectivity index (χ0v) is 12.4. The van der Waals surface area contributed by atoms with E-state index in [1.807, 2.05) is 27.7 Å². The Morgan fingerprint density at radius 2 is 2.00 bits per heavy atom. The molecule has 1 saturated heterocycles. The van der Waals surface area contributed by atoms with Gasteiger partial charge in [-0.2, -0.15) is 0 Å². The Kier molecular flexibility index (Phi) is 4.82. The van der Waals surface area contributed by atoms with Crippen molar-refractivity contribution in [1.29, 1.82) is 0 Å². The molecule has 19 heavy (non-hydrogen) atoms. The first-order valence-corrected chi connectivity index (χ1v) is 6.91. The Labute approximate surface area is 114 Å². The maximum Gasteiger partial charge on any atom is 0.410 e. The lowest BCUT2D eigenvalue weighted by molar-refractivity contribution is -0.148. The number of carbonyl (C=O) groups is 2. The highest BCUT2D eigenvalue weighted by molar-refractivity contribution is 5.78. The van der Waals surface area contributed by atoms with Gasteiger partial charge in [-0.3, -0.25) is 4.79 Å². The van der Waals surface area contributed by atoms with Crippen molar-refractivity contribution in [2.24, 2.45) is 5.41 Å². The maximum atomic E-state index is 12.0. The molecule has 0 bridgehead atoms. The topological polar surface area (TPSA) is 66.8 Å². The van der Waals surface area contributed by atoms with Gasteiger partial charge in [0.05, 0.1) is 5.41 Å². The molecule has 110 valence electrons. The minimum absolute atomic E-state index is 0.261. The molecule has 0 radical (unpaired) electrons. The Bertz CT molecular complexity index is 348. The molecule has 1 heterocycles. The van der Waals surface area contributed by atoms with E-state index in [1.54, 1.807) is 0 Å². The largest absolute Gasteiger partial charge is 0.481 e. The van der Waals surface area contributed by atoms with Crippen LogP contribution in [0.4, 0.5) is 4.79 Å². The molecule has 0 aliphatic carbocycles. The van der Waals surface area contributed by atoms with Crippen LogP contribution in [0.1, 0.15) is 53.4 Å². The number of likely N-dealkylation sites (tertiary alicyclic amines) is 1. The van der Waals surface area contributed by atoms with Gasteiger partial charge < -0.3 is 14.7 Å². The predicted molar refractivity (Wildman–Crippen MR) is 72.0 cm³/mol. The Balaban J connectivity index is 2.68. The van der Waals surface area contributed by atoms with E-state index >= 15 is 0 Å². The molecule has 1 aliphatic heterocycles. The maximum absolute atomic E-state index is 12.0. The van der Waals surface area contributed by atoms with Crippen molar-refractivity contribution < 1.29 is 19.4 Å². The molecule has 1 fully saturated rings. The summed E-state index contributed by atoms with van der Waals surface area (Å²) >= 11 is 0. The number of carboxylic acids is 1. The number of aliphatic carboxylic acids is 1. The molecule has 0 aromatic heterocycles. The number of unbranched alkanes of at least 4 members (excludes halogenated alkanes) is 1. The van der Waals surface area contributed by atoms with Gasteiger partial charge in [-0.25, -0.2) is 4.79 Å². The first-order valence-electron chi connectivity index (χ1n) is 6.91. The Morgan fingerprint density at radius 3 is 2.47 bits per heavy atom. The van der Waals surface area contributed by atoms with Crippen LogP contribution >= 0.6 is 0 Å². The number of amides is 1. The number of carbonyl (C=O) groups excluding carboxylic acids is 1. The highest BCUT2D eigenvalue weighted by atomic mass is 16.6. The summed E-state index contributed by atoms with van der Waals surface area (Å²) in [6.07, 6.45) is 2.56. The van der Waals surface area contributed by atoms with Crippen molar-refractivity contribution in [3.63, 3.8) is 0 Å². The molecule has 0 saturated carbocycles. The lowest BCUT2D eigenvalue weighted by atomic mass is 9.82. The van der Waals surface area contributed by atoms with E-state index in [0.717, 1.165) is 12.8 Å². The second kappa shape index (κ2) is 5.80. The van der Waals surface area contributed by atoms with E-state index < -0.39 is 23.1 Å². The van der Waals surface area contributed by atoms with Gasteiger partial charge in [0.2, 0.25) is 0 Å². The molecular formula is C14H25NO4. The van der Waals surface area contributed by atoms with Crippen molar-refractivity contribution >= 4 is 12.1 Å². The van der Waals surface area contributed by atoms with Gasteiger partial charge in [-0.1, -0.05) is 19.8 Å². The van der Waals surface area contributed by atoms with Gasteiger partial charge in [-0.05, 0) is 33.6 Å². The molecule has 0 spiro atoms. The summed E-state index contributed by atoms with van der Waals surface area (Å²) in [6, 6.07) is 0. The second-order valence-electron chi connectivity index (χ2n) is 6.34. The third kappa shape index (κ3) is 4.11. The van der Waals surface area contributed by atoms with Gasteiger partial charge in [0.25, 0.3) is 0 Å². The van der Waals surface area contributed by atoms with Crippen LogP contribution in [0.3, 0.4) is 0 Å². The molecule has 5 nitrogen and oxygen atoms in total. The average molecular weight is 271 g/mol. The Morgan fingerprint density at radius 1 is 1.37 bits per heavy atom. The van der Waals surface area contributed by atoms with E-state index in [-0.39, 0.29) is 6.54 Å². The van der Waals surface area contributed by atoms with Crippen LogP contribution in [-0.2, 0) is 9.53 Å². The van der Waals surface area contributed by atoms with Gasteiger partial charge in [-0.15, -0.1) is 0 Å². The molecule has 1 N–H and O–H groups in total. The first kappa shape index (κ1) is 15.8. The van der Waals surface area contributed by atoms with Gasteiger partial charge >= 0.3 is 12.1 Å². The molecule has 1 amide bonds. The summed E-state index contributed by atoms with van der Waals surface area (Å²) in [5.41, 5.74) is -1.33. The van der Waals surface area contributed by atoms with E-state index in [1.165, 1.54) is 4.90 Å². The number of rotatable bonds is 4. The molecule has 0 aromatic carbocycles. The quantitative estimate of drug-likeness (QED) is 0.853. The van der Waals surface area contributed by atoms with E-state index in [0.29, 0.717) is 19.4 Å². The first-order chi connectivity index (χ1) is 8.70. The highest BCUT2D eigenvalue weighted by Gasteiger charge is 2.46. The predicted octanol–water partition coefficient (Wildman–Crippen LogP) is 2.89. The van der Waals surface area contributed by atoms with Crippen LogP contribution in [-0.4, -0.2) is 40.8 Å². The van der Waals surface area contributed by atoms with Crippen LogP contribution in [0, 0.1) is 5.41 Å². The fourth-order valence-corrected chi connectivity index (χ4v) is 2.36. The lowest BCUT2D eigenvalue weighted by Gasteiger charge is -2.27. The van der Waals surface area contributed by atoms with Crippen LogP contribution in [0.2, 0.25) is 0 Å². The molecule has 1 rings (SSSR count). The van der Waals surface area contributed by atoms with Crippen LogP contribution in [0.25, 0.3) is 0 Å². The standard InChI is InChI=1S/C14H25NO4/c1-5-6-7-14(11(16)17)8-9-15(10-14)12(18)19-13(2,3)4/h5-10H2,1-4H3,(H,16,17). The van der Waals surface area contributed by atoms with Gasteiger partial charge in [0, 0.05) is 13.1 Å². The second-order valence-corrected chi connectivity index (χ2v) is 6.34. The third-order valence-corrected chi connectivity index (χ3v) is 3.47. The van der Waals surface area contributed by atoms with E-state index in [4.69, 9.17) is 4.74 Å². The fraction of sp³-hybridized carbons (Fsp3) is 0.857. The fourth-order valence-electron chi connectivity index (χ4n) is 2.36. The normalized spacial score (nSPS) is 23.5. The molecule has 1 aliphatic rings. The molecule has 5 heteroatoms. The van der Waals surface area contributed by atoms with Crippen molar-refractivity contribution in [2.75, 3.05) is 13.1 Å². The van der Waals surface area contributed by atoms with Crippen molar-refractivity contribution in [3.8, 4) is 0 Å². The van der Waals surface area contributed by atoms with Crippen molar-refractivity contribution in [1.82, 2.24) is 4.90 Å². The summed E-state index contributed by atoms with van der Waals surface area (Å²) in [5.74, 6) is -0.799. The summed E-state index contributed by atoms with van der Waals surface area (Å²) in [6.45, 7) is 8.19. The van der Waals surface area contributed by atoms with E-state index in [2.05, 4.69) is 0 Å². The highest BCUT2D eigenvalue weighted by Crippen LogP contribution is 2.36. The number of nitrogens with zero attached hydrogens (tertiary/aromatic N) is 1. The zero-order valence-electron chi connectivity index (χ0n) is 12.4. The monoisotopic (exact) mass is 271 g/mol. The minimum Gasteiger partial charge on any atom is -0.481 e. The van der Waals surface area contributed by atoms with Crippen LogP contribution in [0.15, 0.2) is 0 Å². The lowest BCUT2D eigenvalue weighted by Crippen LogP contribution is -2.39. The number of ether oxygens (including phenoxy) is 1. The summed E-state index contributed by atoms with van der Waals surface area (Å²) < 4.78 is 5.29. The number of hydrogen-bond donors (Lipinski definition) is 1. The molecular weight excluding hydrogens is 246 g/mol. The smallest absolute Gasteiger partial charge is 0.410 e.